The molecule has 6 nitrogen and oxygen atoms in total. The van der Waals surface area contributed by atoms with Gasteiger partial charge in [-0.2, -0.15) is 11.8 Å². The summed E-state index contributed by atoms with van der Waals surface area (Å²) in [6.45, 7) is 4.54. The van der Waals surface area contributed by atoms with Gasteiger partial charge in [0.05, 0.1) is 17.1 Å². The van der Waals surface area contributed by atoms with Crippen LogP contribution in [0.2, 0.25) is 0 Å². The lowest BCUT2D eigenvalue weighted by atomic mass is 10.1. The van der Waals surface area contributed by atoms with Gasteiger partial charge in [-0.05, 0) is 67.6 Å². The van der Waals surface area contributed by atoms with Gasteiger partial charge in [-0.15, -0.1) is 0 Å². The van der Waals surface area contributed by atoms with Gasteiger partial charge in [-0.3, -0.25) is 0 Å². The highest BCUT2D eigenvalue weighted by molar-refractivity contribution is 8.00. The lowest BCUT2D eigenvalue weighted by molar-refractivity contribution is 0.0696. The molecule has 0 radical (unpaired) electrons. The second-order valence-corrected chi connectivity index (χ2v) is 10.1. The first-order valence-electron chi connectivity index (χ1n) is 9.50. The van der Waals surface area contributed by atoms with Crippen molar-refractivity contribution in [2.75, 3.05) is 18.9 Å². The monoisotopic (exact) mass is 435 g/mol. The van der Waals surface area contributed by atoms with Gasteiger partial charge < -0.3 is 9.84 Å². The van der Waals surface area contributed by atoms with E-state index in [1.54, 1.807) is 18.7 Å². The van der Waals surface area contributed by atoms with Crippen molar-refractivity contribution in [3.8, 4) is 5.75 Å². The number of nitrogens with one attached hydrogen (secondary N) is 1. The molecule has 1 aliphatic carbocycles. The predicted molar refractivity (Wildman–Crippen MR) is 115 cm³/mol. The number of hydrogen-bond acceptors (Lipinski definition) is 5. The number of aryl methyl sites for hydroxylation is 1. The van der Waals surface area contributed by atoms with Gasteiger partial charge in [0.1, 0.15) is 5.75 Å². The molecule has 0 saturated heterocycles. The van der Waals surface area contributed by atoms with Gasteiger partial charge >= 0.3 is 5.97 Å². The van der Waals surface area contributed by atoms with Crippen LogP contribution in [0.5, 0.6) is 5.75 Å². The third-order valence-electron chi connectivity index (χ3n) is 4.88. The molecule has 8 heteroatoms. The number of rotatable bonds is 9. The minimum Gasteiger partial charge on any atom is -0.494 e. The molecule has 1 atom stereocenters. The molecule has 1 unspecified atom stereocenters. The first-order chi connectivity index (χ1) is 13.8. The summed E-state index contributed by atoms with van der Waals surface area (Å²) in [6, 6.07) is 10.4. The number of ether oxygens (including phenoxy) is 1. The van der Waals surface area contributed by atoms with E-state index in [0.717, 1.165) is 18.6 Å². The third-order valence-corrected chi connectivity index (χ3v) is 7.58. The number of aromatic carboxylic acids is 1. The van der Waals surface area contributed by atoms with Crippen molar-refractivity contribution in [3.05, 3.63) is 58.7 Å². The minimum absolute atomic E-state index is 0.00241. The quantitative estimate of drug-likeness (QED) is 0.587. The highest BCUT2D eigenvalue weighted by Crippen LogP contribution is 2.32. The van der Waals surface area contributed by atoms with Crippen molar-refractivity contribution in [2.45, 2.75) is 36.8 Å². The van der Waals surface area contributed by atoms with Crippen LogP contribution in [0.3, 0.4) is 0 Å². The Hall–Kier alpha value is -2.03. The molecule has 0 saturated carbocycles. The molecule has 0 fully saturated rings. The SMILES string of the molecule is CCOc1ccc2c(c1)CC(SCCNS(=O)(=O)c1ccc(C)c(C(=O)O)c1)C2. The first kappa shape index (κ1) is 21.7. The van der Waals surface area contributed by atoms with Crippen LogP contribution in [-0.4, -0.2) is 43.6 Å². The second-order valence-electron chi connectivity index (χ2n) is 6.94. The lowest BCUT2D eigenvalue weighted by Crippen LogP contribution is -2.27. The second kappa shape index (κ2) is 9.19. The zero-order chi connectivity index (χ0) is 21.0. The average molecular weight is 436 g/mol. The summed E-state index contributed by atoms with van der Waals surface area (Å²) < 4.78 is 33.1. The van der Waals surface area contributed by atoms with E-state index in [2.05, 4.69) is 16.9 Å². The fraction of sp³-hybridized carbons (Fsp3) is 0.381. The lowest BCUT2D eigenvalue weighted by Gasteiger charge is -2.11. The molecule has 156 valence electrons. The molecule has 0 spiro atoms. The summed E-state index contributed by atoms with van der Waals surface area (Å²) in [5.41, 5.74) is 3.15. The molecule has 0 amide bonds. The standard InChI is InChI=1S/C21H25NO5S2/c1-3-27-17-6-5-15-11-18(12-16(15)10-17)28-9-8-22-29(25,26)19-7-4-14(2)20(13-19)21(23)24/h4-7,10,13,18,22H,3,8-9,11-12H2,1-2H3,(H,23,24). The maximum Gasteiger partial charge on any atom is 0.335 e. The summed E-state index contributed by atoms with van der Waals surface area (Å²) in [6.07, 6.45) is 1.92. The van der Waals surface area contributed by atoms with Crippen LogP contribution in [0.1, 0.15) is 34.0 Å². The van der Waals surface area contributed by atoms with Crippen molar-refractivity contribution >= 4 is 27.8 Å². The molecule has 2 aromatic carbocycles. The van der Waals surface area contributed by atoms with Crippen LogP contribution in [0.25, 0.3) is 0 Å². The van der Waals surface area contributed by atoms with Crippen LogP contribution >= 0.6 is 11.8 Å². The Morgan fingerprint density at radius 1 is 1.21 bits per heavy atom. The molecular formula is C21H25NO5S2. The molecule has 3 rings (SSSR count). The summed E-state index contributed by atoms with van der Waals surface area (Å²) in [5, 5.41) is 9.61. The molecule has 0 heterocycles. The highest BCUT2D eigenvalue weighted by atomic mass is 32.2. The smallest absolute Gasteiger partial charge is 0.335 e. The molecule has 1 aliphatic rings. The van der Waals surface area contributed by atoms with E-state index in [9.17, 15) is 18.3 Å². The Bertz CT molecular complexity index is 1000. The fourth-order valence-corrected chi connectivity index (χ4v) is 5.75. The zero-order valence-corrected chi connectivity index (χ0v) is 18.1. The molecule has 2 aromatic rings. The number of carboxylic acid groups (broad SMARTS) is 1. The van der Waals surface area contributed by atoms with Gasteiger partial charge in [0.15, 0.2) is 0 Å². The Morgan fingerprint density at radius 3 is 2.69 bits per heavy atom. The number of sulfonamides is 1. The van der Waals surface area contributed by atoms with Crippen LogP contribution < -0.4 is 9.46 Å². The van der Waals surface area contributed by atoms with E-state index < -0.39 is 16.0 Å². The molecular weight excluding hydrogens is 410 g/mol. The van der Waals surface area contributed by atoms with Crippen LogP contribution in [0, 0.1) is 6.92 Å². The van der Waals surface area contributed by atoms with Gasteiger partial charge in [-0.1, -0.05) is 12.1 Å². The van der Waals surface area contributed by atoms with E-state index in [0.29, 0.717) is 29.7 Å². The third kappa shape index (κ3) is 5.32. The maximum atomic E-state index is 12.5. The first-order valence-corrected chi connectivity index (χ1v) is 12.0. The number of fused-ring (bicyclic) bond motifs is 1. The van der Waals surface area contributed by atoms with Crippen molar-refractivity contribution in [1.29, 1.82) is 0 Å². The number of carboxylic acids is 1. The molecule has 0 bridgehead atoms. The Balaban J connectivity index is 1.51. The van der Waals surface area contributed by atoms with Gasteiger partial charge in [0, 0.05) is 17.5 Å². The predicted octanol–water partition coefficient (Wildman–Crippen LogP) is 3.27. The van der Waals surface area contributed by atoms with Gasteiger partial charge in [0.2, 0.25) is 10.0 Å². The number of benzene rings is 2. The Kier molecular flexibility index (Phi) is 6.87. The number of carbonyl (C=O) groups is 1. The van der Waals surface area contributed by atoms with E-state index in [4.69, 9.17) is 4.74 Å². The largest absolute Gasteiger partial charge is 0.494 e. The maximum absolute atomic E-state index is 12.5. The molecule has 0 aromatic heterocycles. The summed E-state index contributed by atoms with van der Waals surface area (Å²) >= 11 is 1.74. The zero-order valence-electron chi connectivity index (χ0n) is 16.5. The highest BCUT2D eigenvalue weighted by Gasteiger charge is 2.23. The fourth-order valence-electron chi connectivity index (χ4n) is 3.41. The Labute approximate surface area is 175 Å². The van der Waals surface area contributed by atoms with E-state index in [1.807, 2.05) is 13.0 Å². The number of thioether (sulfide) groups is 1. The van der Waals surface area contributed by atoms with Gasteiger partial charge in [0.25, 0.3) is 0 Å². The molecule has 29 heavy (non-hydrogen) atoms. The number of hydrogen-bond donors (Lipinski definition) is 2. The summed E-state index contributed by atoms with van der Waals surface area (Å²) in [7, 11) is -3.74. The van der Waals surface area contributed by atoms with E-state index >= 15 is 0 Å². The van der Waals surface area contributed by atoms with Crippen molar-refractivity contribution < 1.29 is 23.1 Å². The van der Waals surface area contributed by atoms with Gasteiger partial charge in [-0.25, -0.2) is 17.9 Å². The molecule has 2 N–H and O–H groups in total. The molecule has 0 aliphatic heterocycles. The van der Waals surface area contributed by atoms with Crippen LogP contribution in [0.4, 0.5) is 0 Å². The summed E-state index contributed by atoms with van der Waals surface area (Å²) in [4.78, 5) is 11.2. The van der Waals surface area contributed by atoms with E-state index in [-0.39, 0.29) is 10.5 Å². The summed E-state index contributed by atoms with van der Waals surface area (Å²) in [5.74, 6) is 0.403. The minimum atomic E-state index is -3.74. The van der Waals surface area contributed by atoms with Crippen LogP contribution in [-0.2, 0) is 22.9 Å². The van der Waals surface area contributed by atoms with Crippen LogP contribution in [0.15, 0.2) is 41.3 Å². The topological polar surface area (TPSA) is 92.7 Å². The Morgan fingerprint density at radius 2 is 1.97 bits per heavy atom. The van der Waals surface area contributed by atoms with E-state index in [1.165, 1.54) is 29.3 Å². The van der Waals surface area contributed by atoms with Crippen molar-refractivity contribution in [3.63, 3.8) is 0 Å². The van der Waals surface area contributed by atoms with Crippen molar-refractivity contribution in [1.82, 2.24) is 4.72 Å². The van der Waals surface area contributed by atoms with Crippen molar-refractivity contribution in [2.24, 2.45) is 0 Å². The normalized spacial score (nSPS) is 15.9. The average Bonchev–Trinajstić information content (AvgIpc) is 3.07.